The number of carbonyl (C=O) groups excluding carboxylic acids is 1. The maximum Gasteiger partial charge on any atom is 0.257 e. The number of hydrogen-bond donors (Lipinski definition) is 3. The van der Waals surface area contributed by atoms with Crippen molar-refractivity contribution in [3.63, 3.8) is 0 Å². The number of thiophene rings is 1. The Bertz CT molecular complexity index is 987. The summed E-state index contributed by atoms with van der Waals surface area (Å²) < 4.78 is 0.814. The van der Waals surface area contributed by atoms with Crippen LogP contribution in [0.25, 0.3) is 10.1 Å². The van der Waals surface area contributed by atoms with E-state index in [4.69, 9.17) is 5.73 Å². The second-order valence-electron chi connectivity index (χ2n) is 6.65. The van der Waals surface area contributed by atoms with E-state index in [1.54, 1.807) is 11.6 Å². The predicted molar refractivity (Wildman–Crippen MR) is 103 cm³/mol. The number of amides is 1. The number of H-pyrrole nitrogens is 1. The number of rotatable bonds is 5. The molecule has 0 bridgehead atoms. The number of nitrogens with one attached hydrogen (secondary N) is 2. The van der Waals surface area contributed by atoms with Gasteiger partial charge in [0.15, 0.2) is 0 Å². The smallest absolute Gasteiger partial charge is 0.257 e. The molecule has 3 heterocycles. The summed E-state index contributed by atoms with van der Waals surface area (Å²) in [6.07, 6.45) is 1.60. The average Bonchev–Trinajstić information content (AvgIpc) is 3.05. The van der Waals surface area contributed by atoms with Crippen LogP contribution in [0.2, 0.25) is 0 Å². The maximum absolute atomic E-state index is 12.5. The first kappa shape index (κ1) is 17.0. The fourth-order valence-corrected chi connectivity index (χ4v) is 4.14. The number of hydrogen-bond acceptors (Lipinski definition) is 5. The van der Waals surface area contributed by atoms with E-state index >= 15 is 0 Å². The summed E-state index contributed by atoms with van der Waals surface area (Å²) in [4.78, 5) is 29.4. The van der Waals surface area contributed by atoms with Crippen LogP contribution in [0.1, 0.15) is 21.5 Å². The van der Waals surface area contributed by atoms with Gasteiger partial charge in [-0.05, 0) is 17.2 Å². The standard InChI is InChI=1S/C19H20N4O2S/c20-14-9-23(10-14)8-13-3-1-12(2-4-13)7-22-18(24)15-11-26-16-5-6-21-19(25)17(15)16/h1-6,11,14H,7-10,20H2,(H,21,25)(H,22,24). The van der Waals surface area contributed by atoms with Gasteiger partial charge in [0, 0.05) is 48.5 Å². The number of fused-ring (bicyclic) bond motifs is 1. The Morgan fingerprint density at radius 3 is 2.69 bits per heavy atom. The highest BCUT2D eigenvalue weighted by atomic mass is 32.1. The SMILES string of the molecule is NC1CN(Cc2ccc(CNC(=O)c3csc4cc[nH]c(=O)c34)cc2)C1. The van der Waals surface area contributed by atoms with Gasteiger partial charge in [0.2, 0.25) is 0 Å². The lowest BCUT2D eigenvalue weighted by atomic mass is 10.1. The summed E-state index contributed by atoms with van der Waals surface area (Å²) in [5.74, 6) is -0.230. The highest BCUT2D eigenvalue weighted by molar-refractivity contribution is 7.17. The van der Waals surface area contributed by atoms with Crippen molar-refractivity contribution in [1.82, 2.24) is 15.2 Å². The second kappa shape index (κ2) is 7.03. The quantitative estimate of drug-likeness (QED) is 0.639. The molecule has 7 heteroatoms. The van der Waals surface area contributed by atoms with Gasteiger partial charge in [-0.15, -0.1) is 11.3 Å². The number of likely N-dealkylation sites (tertiary alicyclic amines) is 1. The Morgan fingerprint density at radius 2 is 1.96 bits per heavy atom. The van der Waals surface area contributed by atoms with Crippen LogP contribution in [0.5, 0.6) is 0 Å². The highest BCUT2D eigenvalue weighted by Gasteiger charge is 2.22. The third-order valence-electron chi connectivity index (χ3n) is 4.61. The van der Waals surface area contributed by atoms with Crippen molar-refractivity contribution >= 4 is 27.3 Å². The van der Waals surface area contributed by atoms with E-state index in [1.165, 1.54) is 16.9 Å². The van der Waals surface area contributed by atoms with Crippen LogP contribution < -0.4 is 16.6 Å². The Hall–Kier alpha value is -2.48. The zero-order valence-corrected chi connectivity index (χ0v) is 15.0. The lowest BCUT2D eigenvalue weighted by molar-refractivity contribution is 0.0953. The lowest BCUT2D eigenvalue weighted by Gasteiger charge is -2.36. The van der Waals surface area contributed by atoms with E-state index < -0.39 is 0 Å². The largest absolute Gasteiger partial charge is 0.348 e. The first-order valence-electron chi connectivity index (χ1n) is 8.53. The van der Waals surface area contributed by atoms with E-state index in [9.17, 15) is 9.59 Å². The van der Waals surface area contributed by atoms with Crippen molar-refractivity contribution in [3.05, 3.63) is 69.0 Å². The number of nitrogens with zero attached hydrogens (tertiary/aromatic N) is 1. The minimum atomic E-state index is -0.232. The summed E-state index contributed by atoms with van der Waals surface area (Å²) in [7, 11) is 0. The maximum atomic E-state index is 12.5. The molecule has 1 saturated heterocycles. The van der Waals surface area contributed by atoms with Crippen LogP contribution >= 0.6 is 11.3 Å². The van der Waals surface area contributed by atoms with E-state index in [0.717, 1.165) is 29.9 Å². The number of pyridine rings is 1. The molecule has 134 valence electrons. The van der Waals surface area contributed by atoms with Crippen LogP contribution in [-0.2, 0) is 13.1 Å². The van der Waals surface area contributed by atoms with E-state index in [1.807, 2.05) is 18.2 Å². The first-order chi connectivity index (χ1) is 12.6. The molecule has 0 saturated carbocycles. The van der Waals surface area contributed by atoms with Gasteiger partial charge in [-0.1, -0.05) is 24.3 Å². The fourth-order valence-electron chi connectivity index (χ4n) is 3.20. The molecule has 0 radical (unpaired) electrons. The van der Waals surface area contributed by atoms with Crippen molar-refractivity contribution in [2.24, 2.45) is 5.73 Å². The molecule has 1 aromatic carbocycles. The molecule has 6 nitrogen and oxygen atoms in total. The van der Waals surface area contributed by atoms with Gasteiger partial charge < -0.3 is 16.0 Å². The lowest BCUT2D eigenvalue weighted by Crippen LogP contribution is -2.54. The van der Waals surface area contributed by atoms with Gasteiger partial charge in [-0.2, -0.15) is 0 Å². The molecule has 0 spiro atoms. The van der Waals surface area contributed by atoms with Crippen LogP contribution in [0.3, 0.4) is 0 Å². The molecule has 0 aliphatic carbocycles. The molecule has 4 N–H and O–H groups in total. The zero-order chi connectivity index (χ0) is 18.1. The number of aromatic nitrogens is 1. The normalized spacial score (nSPS) is 15.1. The van der Waals surface area contributed by atoms with E-state index in [0.29, 0.717) is 23.5 Å². The minimum Gasteiger partial charge on any atom is -0.348 e. The van der Waals surface area contributed by atoms with Gasteiger partial charge >= 0.3 is 0 Å². The van der Waals surface area contributed by atoms with Crippen LogP contribution in [-0.4, -0.2) is 34.9 Å². The van der Waals surface area contributed by atoms with Gasteiger partial charge in [-0.25, -0.2) is 0 Å². The van der Waals surface area contributed by atoms with Crippen molar-refractivity contribution in [2.45, 2.75) is 19.1 Å². The predicted octanol–water partition coefficient (Wildman–Crippen LogP) is 1.66. The molecule has 0 atom stereocenters. The minimum absolute atomic E-state index is 0.230. The third kappa shape index (κ3) is 3.41. The van der Waals surface area contributed by atoms with Gasteiger partial charge in [0.05, 0.1) is 10.9 Å². The molecular formula is C19H20N4O2S. The molecule has 1 aliphatic heterocycles. The summed E-state index contributed by atoms with van der Waals surface area (Å²) >= 11 is 1.40. The topological polar surface area (TPSA) is 91.2 Å². The summed E-state index contributed by atoms with van der Waals surface area (Å²) in [6.45, 7) is 3.23. The molecule has 0 unspecified atom stereocenters. The van der Waals surface area contributed by atoms with Gasteiger partial charge in [-0.3, -0.25) is 14.5 Å². The van der Waals surface area contributed by atoms with Crippen LogP contribution in [0.15, 0.2) is 46.7 Å². The average molecular weight is 368 g/mol. The Morgan fingerprint density at radius 1 is 1.23 bits per heavy atom. The molecular weight excluding hydrogens is 348 g/mol. The summed E-state index contributed by atoms with van der Waals surface area (Å²) in [6, 6.07) is 10.3. The molecule has 3 aromatic rings. The summed E-state index contributed by atoms with van der Waals surface area (Å²) in [5.41, 5.74) is 8.25. The third-order valence-corrected chi connectivity index (χ3v) is 5.56. The van der Waals surface area contributed by atoms with Crippen molar-refractivity contribution < 1.29 is 4.79 Å². The van der Waals surface area contributed by atoms with E-state index in [-0.39, 0.29) is 11.5 Å². The molecule has 4 rings (SSSR count). The molecule has 2 aromatic heterocycles. The number of benzene rings is 1. The molecule has 1 aliphatic rings. The van der Waals surface area contributed by atoms with Gasteiger partial charge in [0.25, 0.3) is 11.5 Å². The summed E-state index contributed by atoms with van der Waals surface area (Å²) in [5, 5.41) is 5.09. The molecule has 26 heavy (non-hydrogen) atoms. The zero-order valence-electron chi connectivity index (χ0n) is 14.2. The van der Waals surface area contributed by atoms with Crippen molar-refractivity contribution in [1.29, 1.82) is 0 Å². The highest BCUT2D eigenvalue weighted by Crippen LogP contribution is 2.22. The first-order valence-corrected chi connectivity index (χ1v) is 9.41. The van der Waals surface area contributed by atoms with Crippen LogP contribution in [0.4, 0.5) is 0 Å². The van der Waals surface area contributed by atoms with Crippen molar-refractivity contribution in [3.8, 4) is 0 Å². The molecule has 1 fully saturated rings. The Labute approximate surface area is 154 Å². The Kier molecular flexibility index (Phi) is 4.58. The second-order valence-corrected chi connectivity index (χ2v) is 7.56. The van der Waals surface area contributed by atoms with Crippen molar-refractivity contribution in [2.75, 3.05) is 13.1 Å². The molecule has 1 amide bonds. The Balaban J connectivity index is 1.39. The fraction of sp³-hybridized carbons (Fsp3) is 0.263. The number of aromatic amines is 1. The monoisotopic (exact) mass is 368 g/mol. The number of nitrogens with two attached hydrogens (primary N) is 1. The van der Waals surface area contributed by atoms with Crippen LogP contribution in [0, 0.1) is 0 Å². The number of carbonyl (C=O) groups is 1. The van der Waals surface area contributed by atoms with Gasteiger partial charge in [0.1, 0.15) is 0 Å². The van der Waals surface area contributed by atoms with E-state index in [2.05, 4.69) is 27.3 Å².